The second-order valence-corrected chi connectivity index (χ2v) is 4.45. The lowest BCUT2D eigenvalue weighted by atomic mass is 9.70. The van der Waals surface area contributed by atoms with Crippen molar-refractivity contribution in [1.82, 2.24) is 4.90 Å². The molecule has 0 aromatic carbocycles. The Morgan fingerprint density at radius 3 is 2.27 bits per heavy atom. The summed E-state index contributed by atoms with van der Waals surface area (Å²) in [7, 11) is 0. The fraction of sp³-hybridized carbons (Fsp3) is 1.00. The van der Waals surface area contributed by atoms with Gasteiger partial charge in [0.05, 0.1) is 0 Å². The summed E-state index contributed by atoms with van der Waals surface area (Å²) in [4.78, 5) is 2.71. The van der Waals surface area contributed by atoms with Crippen LogP contribution in [0.5, 0.6) is 0 Å². The number of hydrogen-bond donors (Lipinski definition) is 0. The minimum absolute atomic E-state index is 0.651. The highest BCUT2D eigenvalue weighted by molar-refractivity contribution is 5.03. The third-order valence-electron chi connectivity index (χ3n) is 3.81. The topological polar surface area (TPSA) is 3.24 Å². The summed E-state index contributed by atoms with van der Waals surface area (Å²) < 4.78 is 0. The summed E-state index contributed by atoms with van der Waals surface area (Å²) in [6.45, 7) is 7.52. The summed E-state index contributed by atoms with van der Waals surface area (Å²) >= 11 is 0. The lowest BCUT2D eigenvalue weighted by Crippen LogP contribution is -2.64. The number of piperidine rings is 1. The van der Waals surface area contributed by atoms with Crippen molar-refractivity contribution in [3.63, 3.8) is 0 Å². The van der Waals surface area contributed by atoms with Crippen LogP contribution in [-0.2, 0) is 0 Å². The zero-order valence-electron chi connectivity index (χ0n) is 7.77. The standard InChI is InChI=1S/C10H19N/c1-9(2)10-5-3-4-7-11(10)8-6-10/h9H,3-8H2,1-2H3. The van der Waals surface area contributed by atoms with E-state index in [9.17, 15) is 0 Å². The van der Waals surface area contributed by atoms with Crippen molar-refractivity contribution in [3.05, 3.63) is 0 Å². The van der Waals surface area contributed by atoms with Crippen LogP contribution in [0.15, 0.2) is 0 Å². The van der Waals surface area contributed by atoms with Crippen molar-refractivity contribution in [2.45, 2.75) is 45.1 Å². The van der Waals surface area contributed by atoms with Crippen LogP contribution in [0.4, 0.5) is 0 Å². The molecule has 0 aromatic rings. The van der Waals surface area contributed by atoms with Crippen LogP contribution in [0.25, 0.3) is 0 Å². The normalized spacial score (nSPS) is 38.5. The SMILES string of the molecule is CC(C)C12CCCCN1CC2. The Balaban J connectivity index is 2.09. The highest BCUT2D eigenvalue weighted by atomic mass is 15.3. The van der Waals surface area contributed by atoms with Crippen LogP contribution >= 0.6 is 0 Å². The maximum atomic E-state index is 2.71. The molecule has 1 unspecified atom stereocenters. The van der Waals surface area contributed by atoms with E-state index in [0.29, 0.717) is 5.54 Å². The average molecular weight is 153 g/mol. The van der Waals surface area contributed by atoms with Crippen LogP contribution in [0.2, 0.25) is 0 Å². The zero-order valence-corrected chi connectivity index (χ0v) is 7.77. The van der Waals surface area contributed by atoms with Gasteiger partial charge in [-0.1, -0.05) is 20.3 Å². The molecule has 11 heavy (non-hydrogen) atoms. The van der Waals surface area contributed by atoms with E-state index < -0.39 is 0 Å². The molecule has 2 rings (SSSR count). The minimum Gasteiger partial charge on any atom is -0.297 e. The molecule has 0 aromatic heterocycles. The van der Waals surface area contributed by atoms with Crippen LogP contribution in [0, 0.1) is 5.92 Å². The predicted molar refractivity (Wildman–Crippen MR) is 47.6 cm³/mol. The molecule has 0 spiro atoms. The molecular formula is C10H19N. The molecule has 0 aliphatic carbocycles. The Kier molecular flexibility index (Phi) is 1.71. The summed E-state index contributed by atoms with van der Waals surface area (Å²) in [6, 6.07) is 0. The predicted octanol–water partition coefficient (Wildman–Crippen LogP) is 2.27. The summed E-state index contributed by atoms with van der Waals surface area (Å²) in [6.07, 6.45) is 5.83. The van der Waals surface area contributed by atoms with E-state index in [1.165, 1.54) is 38.8 Å². The van der Waals surface area contributed by atoms with E-state index in [4.69, 9.17) is 0 Å². The molecule has 0 bridgehead atoms. The highest BCUT2D eigenvalue weighted by Gasteiger charge is 2.47. The molecule has 64 valence electrons. The lowest BCUT2D eigenvalue weighted by molar-refractivity contribution is -0.0775. The molecule has 0 radical (unpaired) electrons. The molecule has 2 fully saturated rings. The van der Waals surface area contributed by atoms with E-state index in [-0.39, 0.29) is 0 Å². The van der Waals surface area contributed by atoms with Crippen molar-refractivity contribution in [3.8, 4) is 0 Å². The number of rotatable bonds is 1. The van der Waals surface area contributed by atoms with Gasteiger partial charge >= 0.3 is 0 Å². The monoisotopic (exact) mass is 153 g/mol. The van der Waals surface area contributed by atoms with E-state index in [2.05, 4.69) is 18.7 Å². The molecule has 2 aliphatic rings. The number of fused-ring (bicyclic) bond motifs is 1. The van der Waals surface area contributed by atoms with Crippen LogP contribution in [0.3, 0.4) is 0 Å². The van der Waals surface area contributed by atoms with Crippen LogP contribution in [-0.4, -0.2) is 23.5 Å². The maximum absolute atomic E-state index is 2.71. The van der Waals surface area contributed by atoms with Crippen molar-refractivity contribution < 1.29 is 0 Å². The Bertz CT molecular complexity index is 153. The van der Waals surface area contributed by atoms with Gasteiger partial charge in [0.1, 0.15) is 0 Å². The van der Waals surface area contributed by atoms with Gasteiger partial charge in [0.15, 0.2) is 0 Å². The molecule has 0 N–H and O–H groups in total. The number of hydrogen-bond acceptors (Lipinski definition) is 1. The van der Waals surface area contributed by atoms with Gasteiger partial charge in [0.25, 0.3) is 0 Å². The molecule has 1 atom stereocenters. The molecule has 2 aliphatic heterocycles. The summed E-state index contributed by atoms with van der Waals surface area (Å²) in [5.74, 6) is 0.872. The van der Waals surface area contributed by atoms with Crippen molar-refractivity contribution in [1.29, 1.82) is 0 Å². The first-order valence-corrected chi connectivity index (χ1v) is 5.01. The minimum atomic E-state index is 0.651. The van der Waals surface area contributed by atoms with Gasteiger partial charge in [-0.05, 0) is 31.7 Å². The van der Waals surface area contributed by atoms with Crippen LogP contribution in [0.1, 0.15) is 39.5 Å². The van der Waals surface area contributed by atoms with Gasteiger partial charge in [0.2, 0.25) is 0 Å². The van der Waals surface area contributed by atoms with Gasteiger partial charge in [-0.2, -0.15) is 0 Å². The zero-order chi connectivity index (χ0) is 7.90. The van der Waals surface area contributed by atoms with Crippen LogP contribution < -0.4 is 0 Å². The Morgan fingerprint density at radius 1 is 1.09 bits per heavy atom. The molecular weight excluding hydrogens is 134 g/mol. The van der Waals surface area contributed by atoms with Crippen molar-refractivity contribution in [2.24, 2.45) is 5.92 Å². The molecule has 1 nitrogen and oxygen atoms in total. The van der Waals surface area contributed by atoms with Crippen molar-refractivity contribution >= 4 is 0 Å². The molecule has 1 heteroatoms. The smallest absolute Gasteiger partial charge is 0.0244 e. The quantitative estimate of drug-likeness (QED) is 0.558. The highest BCUT2D eigenvalue weighted by Crippen LogP contribution is 2.44. The van der Waals surface area contributed by atoms with Gasteiger partial charge in [-0.25, -0.2) is 0 Å². The van der Waals surface area contributed by atoms with Gasteiger partial charge in [-0.15, -0.1) is 0 Å². The molecule has 2 saturated heterocycles. The first-order chi connectivity index (χ1) is 5.26. The fourth-order valence-electron chi connectivity index (χ4n) is 2.85. The molecule has 2 heterocycles. The lowest BCUT2D eigenvalue weighted by Gasteiger charge is -2.58. The number of nitrogens with zero attached hydrogens (tertiary/aromatic N) is 1. The van der Waals surface area contributed by atoms with Crippen molar-refractivity contribution in [2.75, 3.05) is 13.1 Å². The Labute approximate surface area is 69.8 Å². The first kappa shape index (κ1) is 7.60. The van der Waals surface area contributed by atoms with E-state index in [1.54, 1.807) is 0 Å². The molecule has 0 saturated carbocycles. The fourth-order valence-corrected chi connectivity index (χ4v) is 2.85. The summed E-state index contributed by atoms with van der Waals surface area (Å²) in [5.41, 5.74) is 0.651. The third kappa shape index (κ3) is 0.936. The second-order valence-electron chi connectivity index (χ2n) is 4.45. The second kappa shape index (κ2) is 2.48. The average Bonchev–Trinajstić information content (AvgIpc) is 1.91. The largest absolute Gasteiger partial charge is 0.297 e. The van der Waals surface area contributed by atoms with Gasteiger partial charge < -0.3 is 0 Å². The molecule has 0 amide bonds. The third-order valence-corrected chi connectivity index (χ3v) is 3.81. The van der Waals surface area contributed by atoms with E-state index in [0.717, 1.165) is 5.92 Å². The maximum Gasteiger partial charge on any atom is 0.0244 e. The van der Waals surface area contributed by atoms with E-state index in [1.807, 2.05) is 0 Å². The Hall–Kier alpha value is -0.0400. The summed E-state index contributed by atoms with van der Waals surface area (Å²) in [5, 5.41) is 0. The van der Waals surface area contributed by atoms with Gasteiger partial charge in [-0.3, -0.25) is 4.90 Å². The van der Waals surface area contributed by atoms with E-state index >= 15 is 0 Å². The Morgan fingerprint density at radius 2 is 1.91 bits per heavy atom. The van der Waals surface area contributed by atoms with Gasteiger partial charge in [0, 0.05) is 12.1 Å². The first-order valence-electron chi connectivity index (χ1n) is 5.01.